The predicted molar refractivity (Wildman–Crippen MR) is 153 cm³/mol. The van der Waals surface area contributed by atoms with Crippen molar-refractivity contribution in [3.05, 3.63) is 120 Å². The maximum atomic E-state index is 13.1. The lowest BCUT2D eigenvalue weighted by atomic mass is 9.83. The molecule has 0 saturated carbocycles. The average Bonchev–Trinajstić information content (AvgIpc) is 3.30. The molecule has 0 spiro atoms. The Morgan fingerprint density at radius 2 is 1.42 bits per heavy atom. The topological polar surface area (TPSA) is 34.5 Å². The maximum absolute atomic E-state index is 13.1. The highest BCUT2D eigenvalue weighted by atomic mass is 16.6. The first-order chi connectivity index (χ1) is 18.8. The summed E-state index contributed by atoms with van der Waals surface area (Å²) in [6, 6.07) is 36.3. The van der Waals surface area contributed by atoms with Gasteiger partial charge in [-0.1, -0.05) is 84.9 Å². The molecule has 4 heteroatoms. The van der Waals surface area contributed by atoms with Gasteiger partial charge < -0.3 is 9.30 Å². The molecule has 1 aromatic heterocycles. The third-order valence-electron chi connectivity index (χ3n) is 8.13. The molecule has 2 aliphatic rings. The first kappa shape index (κ1) is 22.9. The number of hydrogen-bond donors (Lipinski definition) is 0. The number of carbonyl (C=O) groups excluding carboxylic acids is 1. The van der Waals surface area contributed by atoms with Crippen molar-refractivity contribution < 1.29 is 9.53 Å². The van der Waals surface area contributed by atoms with Crippen LogP contribution in [0.15, 0.2) is 109 Å². The Kier molecular flexibility index (Phi) is 5.73. The molecule has 4 aromatic carbocycles. The summed E-state index contributed by atoms with van der Waals surface area (Å²) in [6.45, 7) is 0.316. The maximum Gasteiger partial charge on any atom is 0.410 e. The molecule has 1 fully saturated rings. The van der Waals surface area contributed by atoms with Gasteiger partial charge in [-0.2, -0.15) is 0 Å². The summed E-state index contributed by atoms with van der Waals surface area (Å²) in [5.74, 6) is 0. The number of carbonyl (C=O) groups is 1. The third-order valence-corrected chi connectivity index (χ3v) is 8.13. The highest BCUT2D eigenvalue weighted by Crippen LogP contribution is 2.38. The fourth-order valence-corrected chi connectivity index (χ4v) is 6.35. The van der Waals surface area contributed by atoms with E-state index in [0.717, 1.165) is 36.9 Å². The number of fused-ring (bicyclic) bond motifs is 5. The Hall–Kier alpha value is -4.31. The van der Waals surface area contributed by atoms with Crippen LogP contribution >= 0.6 is 0 Å². The van der Waals surface area contributed by atoms with E-state index in [1.54, 1.807) is 0 Å². The van der Waals surface area contributed by atoms with E-state index >= 15 is 0 Å². The van der Waals surface area contributed by atoms with Crippen molar-refractivity contribution in [1.82, 2.24) is 9.47 Å². The minimum atomic E-state index is -0.194. The predicted octanol–water partition coefficient (Wildman–Crippen LogP) is 8.13. The molecule has 0 aliphatic carbocycles. The van der Waals surface area contributed by atoms with Crippen LogP contribution in [0.25, 0.3) is 33.1 Å². The van der Waals surface area contributed by atoms with Crippen molar-refractivity contribution in [1.29, 1.82) is 0 Å². The third kappa shape index (κ3) is 3.97. The van der Waals surface area contributed by atoms with Crippen molar-refractivity contribution in [3.8, 4) is 5.69 Å². The molecule has 38 heavy (non-hydrogen) atoms. The van der Waals surface area contributed by atoms with E-state index in [4.69, 9.17) is 4.74 Å². The highest BCUT2D eigenvalue weighted by Gasteiger charge is 2.38. The Balaban J connectivity index is 1.16. The van der Waals surface area contributed by atoms with Crippen LogP contribution < -0.4 is 0 Å². The van der Waals surface area contributed by atoms with Crippen molar-refractivity contribution >= 4 is 33.5 Å². The molecule has 1 amide bonds. The lowest BCUT2D eigenvalue weighted by molar-refractivity contribution is 0.0510. The molecular formula is C34H30N2O2. The smallest absolute Gasteiger partial charge is 0.410 e. The van der Waals surface area contributed by atoms with Crippen molar-refractivity contribution in [2.24, 2.45) is 0 Å². The summed E-state index contributed by atoms with van der Waals surface area (Å²) >= 11 is 0. The second-order valence-electron chi connectivity index (χ2n) is 10.4. The molecule has 188 valence electrons. The number of para-hydroxylation sites is 2. The summed E-state index contributed by atoms with van der Waals surface area (Å²) in [6.07, 6.45) is 6.13. The summed E-state index contributed by atoms with van der Waals surface area (Å²) in [5.41, 5.74) is 7.19. The van der Waals surface area contributed by atoms with Gasteiger partial charge in [0.25, 0.3) is 0 Å². The van der Waals surface area contributed by atoms with Gasteiger partial charge in [0.1, 0.15) is 6.61 Å². The largest absolute Gasteiger partial charge is 0.445 e. The zero-order valence-corrected chi connectivity index (χ0v) is 21.3. The quantitative estimate of drug-likeness (QED) is 0.251. The lowest BCUT2D eigenvalue weighted by Crippen LogP contribution is -2.51. The number of rotatable bonds is 4. The van der Waals surface area contributed by atoms with Crippen molar-refractivity contribution in [3.63, 3.8) is 0 Å². The van der Waals surface area contributed by atoms with Gasteiger partial charge in [0, 0.05) is 22.5 Å². The summed E-state index contributed by atoms with van der Waals surface area (Å²) in [5, 5.41) is 2.54. The number of hydrogen-bond acceptors (Lipinski definition) is 2. The first-order valence-electron chi connectivity index (χ1n) is 13.5. The highest BCUT2D eigenvalue weighted by molar-refractivity contribution is 6.09. The molecule has 2 unspecified atom stereocenters. The van der Waals surface area contributed by atoms with Crippen LogP contribution in [0, 0.1) is 0 Å². The number of aromatic nitrogens is 1. The zero-order valence-electron chi connectivity index (χ0n) is 21.3. The van der Waals surface area contributed by atoms with Crippen LogP contribution in [0.1, 0.15) is 36.8 Å². The van der Waals surface area contributed by atoms with E-state index < -0.39 is 0 Å². The molecule has 5 aromatic rings. The van der Waals surface area contributed by atoms with Gasteiger partial charge in [0.15, 0.2) is 0 Å². The first-order valence-corrected chi connectivity index (χ1v) is 13.5. The molecule has 3 heterocycles. The van der Waals surface area contributed by atoms with Crippen LogP contribution in [0.3, 0.4) is 0 Å². The Labute approximate surface area is 222 Å². The Bertz CT molecular complexity index is 1600. The van der Waals surface area contributed by atoms with Gasteiger partial charge in [-0.25, -0.2) is 4.79 Å². The SMILES string of the molecule is O=C(OCc1ccccc1)N1C2C=C(c3ccc(-n4c5ccccc5c5ccccc54)cc3)CC1CCC2. The Morgan fingerprint density at radius 1 is 0.763 bits per heavy atom. The second kappa shape index (κ2) is 9.53. The molecule has 7 rings (SSSR count). The number of benzene rings is 4. The molecule has 2 bridgehead atoms. The van der Waals surface area contributed by atoms with Gasteiger partial charge in [-0.05, 0) is 66.6 Å². The molecule has 2 aliphatic heterocycles. The minimum absolute atomic E-state index is 0.0952. The monoisotopic (exact) mass is 498 g/mol. The number of ether oxygens (including phenoxy) is 1. The van der Waals surface area contributed by atoms with E-state index in [1.165, 1.54) is 32.9 Å². The summed E-state index contributed by atoms with van der Waals surface area (Å²) < 4.78 is 8.08. The van der Waals surface area contributed by atoms with Crippen LogP contribution in [-0.2, 0) is 11.3 Å². The lowest BCUT2D eigenvalue weighted by Gasteiger charge is -2.44. The zero-order chi connectivity index (χ0) is 25.5. The number of nitrogens with zero attached hydrogens (tertiary/aromatic N) is 2. The van der Waals surface area contributed by atoms with Crippen molar-refractivity contribution in [2.45, 2.75) is 44.4 Å². The van der Waals surface area contributed by atoms with Gasteiger partial charge >= 0.3 is 6.09 Å². The van der Waals surface area contributed by atoms with Crippen LogP contribution in [-0.4, -0.2) is 27.6 Å². The molecule has 1 saturated heterocycles. The minimum Gasteiger partial charge on any atom is -0.445 e. The van der Waals surface area contributed by atoms with Crippen molar-refractivity contribution in [2.75, 3.05) is 0 Å². The summed E-state index contributed by atoms with van der Waals surface area (Å²) in [7, 11) is 0. The molecule has 4 nitrogen and oxygen atoms in total. The van der Waals surface area contributed by atoms with Gasteiger partial charge in [0.05, 0.1) is 17.1 Å². The molecular weight excluding hydrogens is 468 g/mol. The van der Waals surface area contributed by atoms with E-state index in [1.807, 2.05) is 35.2 Å². The standard InChI is InChI=1S/C34H30N2O2/c37-34(38-23-24-9-2-1-3-10-24)35-28-11-8-12-29(35)22-26(21-28)25-17-19-27(20-18-25)36-32-15-6-4-13-30(32)31-14-5-7-16-33(31)36/h1-7,9-10,13-21,28-29H,8,11-12,22-23H2. The van der Waals surface area contributed by atoms with E-state index in [0.29, 0.717) is 6.61 Å². The van der Waals surface area contributed by atoms with Gasteiger partial charge in [-0.3, -0.25) is 4.90 Å². The van der Waals surface area contributed by atoms with E-state index in [2.05, 4.69) is 83.4 Å². The number of amides is 1. The fourth-order valence-electron chi connectivity index (χ4n) is 6.35. The average molecular weight is 499 g/mol. The molecule has 0 N–H and O–H groups in total. The Morgan fingerprint density at radius 3 is 2.11 bits per heavy atom. The molecule has 0 radical (unpaired) electrons. The van der Waals surface area contributed by atoms with Crippen LogP contribution in [0.2, 0.25) is 0 Å². The van der Waals surface area contributed by atoms with E-state index in [-0.39, 0.29) is 18.2 Å². The van der Waals surface area contributed by atoms with Gasteiger partial charge in [0.2, 0.25) is 0 Å². The normalized spacial score (nSPS) is 18.9. The fraction of sp³-hybridized carbons (Fsp3) is 0.206. The second-order valence-corrected chi connectivity index (χ2v) is 10.4. The van der Waals surface area contributed by atoms with Gasteiger partial charge in [-0.15, -0.1) is 0 Å². The van der Waals surface area contributed by atoms with Crippen LogP contribution in [0.4, 0.5) is 4.79 Å². The summed E-state index contributed by atoms with van der Waals surface area (Å²) in [4.78, 5) is 15.1. The van der Waals surface area contributed by atoms with E-state index in [9.17, 15) is 4.79 Å². The van der Waals surface area contributed by atoms with Crippen LogP contribution in [0.5, 0.6) is 0 Å². The molecule has 2 atom stereocenters. The number of piperidine rings is 1.